The summed E-state index contributed by atoms with van der Waals surface area (Å²) in [5.41, 5.74) is 5.89. The molecule has 3 N–H and O–H groups in total. The van der Waals surface area contributed by atoms with E-state index >= 15 is 0 Å². The van der Waals surface area contributed by atoms with Crippen molar-refractivity contribution in [2.75, 3.05) is 24.7 Å². The van der Waals surface area contributed by atoms with Crippen LogP contribution in [0.4, 0.5) is 0 Å². The first-order chi connectivity index (χ1) is 9.09. The van der Waals surface area contributed by atoms with Gasteiger partial charge in [-0.25, -0.2) is 0 Å². The molecule has 0 aromatic carbocycles. The normalized spacial score (nSPS) is 20.3. The number of nitrogens with one attached hydrogen (secondary N) is 1. The third kappa shape index (κ3) is 6.63. The van der Waals surface area contributed by atoms with Crippen molar-refractivity contribution in [3.05, 3.63) is 0 Å². The minimum atomic E-state index is -0.257. The number of thioether (sulfide) groups is 1. The van der Waals surface area contributed by atoms with Crippen LogP contribution in [0.3, 0.4) is 0 Å². The van der Waals surface area contributed by atoms with Crippen molar-refractivity contribution in [3.8, 4) is 0 Å². The lowest BCUT2D eigenvalue weighted by atomic mass is 9.94. The summed E-state index contributed by atoms with van der Waals surface area (Å²) in [5, 5.41) is 2.94. The molecule has 0 aliphatic carbocycles. The standard InChI is InChI=1S/C14H28N2O2S/c1-3-14(15,4-2)11-16-13(17)10-19-9-12-7-5-6-8-18-12/h12H,3-11,15H2,1-2H3,(H,16,17). The minimum absolute atomic E-state index is 0.0811. The Bertz CT molecular complexity index is 264. The smallest absolute Gasteiger partial charge is 0.230 e. The van der Waals surface area contributed by atoms with Crippen LogP contribution in [-0.4, -0.2) is 42.2 Å². The second kappa shape index (κ2) is 8.82. The van der Waals surface area contributed by atoms with Gasteiger partial charge in [-0.05, 0) is 32.1 Å². The molecule has 4 nitrogen and oxygen atoms in total. The highest BCUT2D eigenvalue weighted by Crippen LogP contribution is 2.17. The first-order valence-corrected chi connectivity index (χ1v) is 8.50. The first-order valence-electron chi connectivity index (χ1n) is 7.34. The topological polar surface area (TPSA) is 64.3 Å². The molecule has 0 bridgehead atoms. The Morgan fingerprint density at radius 3 is 2.74 bits per heavy atom. The molecule has 0 spiro atoms. The summed E-state index contributed by atoms with van der Waals surface area (Å²) in [6.07, 6.45) is 5.66. The number of carbonyl (C=O) groups is 1. The average Bonchev–Trinajstić information content (AvgIpc) is 2.46. The molecule has 1 aliphatic heterocycles. The van der Waals surface area contributed by atoms with E-state index in [2.05, 4.69) is 19.2 Å². The van der Waals surface area contributed by atoms with E-state index in [0.717, 1.165) is 31.6 Å². The molecule has 1 aliphatic rings. The Balaban J connectivity index is 2.10. The van der Waals surface area contributed by atoms with E-state index in [1.807, 2.05) is 0 Å². The molecule has 19 heavy (non-hydrogen) atoms. The molecule has 1 atom stereocenters. The Kier molecular flexibility index (Phi) is 7.80. The van der Waals surface area contributed by atoms with Crippen molar-refractivity contribution in [2.45, 2.75) is 57.6 Å². The van der Waals surface area contributed by atoms with E-state index in [1.54, 1.807) is 11.8 Å². The summed E-state index contributed by atoms with van der Waals surface area (Å²) in [6, 6.07) is 0. The van der Waals surface area contributed by atoms with Gasteiger partial charge in [0.05, 0.1) is 11.9 Å². The average molecular weight is 288 g/mol. The van der Waals surface area contributed by atoms with E-state index in [-0.39, 0.29) is 11.4 Å². The van der Waals surface area contributed by atoms with Gasteiger partial charge in [0.25, 0.3) is 0 Å². The molecular formula is C14H28N2O2S. The van der Waals surface area contributed by atoms with Crippen LogP contribution in [0.15, 0.2) is 0 Å². The number of hydrogen-bond donors (Lipinski definition) is 2. The summed E-state index contributed by atoms with van der Waals surface area (Å²) in [4.78, 5) is 11.7. The zero-order valence-electron chi connectivity index (χ0n) is 12.2. The molecule has 1 fully saturated rings. The number of nitrogens with two attached hydrogens (primary N) is 1. The van der Waals surface area contributed by atoms with Gasteiger partial charge in [0, 0.05) is 24.4 Å². The number of rotatable bonds is 8. The van der Waals surface area contributed by atoms with Crippen molar-refractivity contribution >= 4 is 17.7 Å². The zero-order chi connectivity index (χ0) is 14.1. The molecule has 0 radical (unpaired) electrons. The maximum Gasteiger partial charge on any atom is 0.230 e. The molecule has 1 saturated heterocycles. The van der Waals surface area contributed by atoms with Crippen molar-refractivity contribution in [1.82, 2.24) is 5.32 Å². The van der Waals surface area contributed by atoms with E-state index in [9.17, 15) is 4.79 Å². The van der Waals surface area contributed by atoms with Crippen LogP contribution in [0.2, 0.25) is 0 Å². The lowest BCUT2D eigenvalue weighted by Crippen LogP contribution is -2.49. The predicted octanol–water partition coefficient (Wildman–Crippen LogP) is 1.92. The molecule has 1 unspecified atom stereocenters. The number of ether oxygens (including phenoxy) is 1. The van der Waals surface area contributed by atoms with Gasteiger partial charge in [-0.1, -0.05) is 13.8 Å². The third-order valence-electron chi connectivity index (χ3n) is 3.86. The van der Waals surface area contributed by atoms with E-state index in [0.29, 0.717) is 18.4 Å². The molecular weight excluding hydrogens is 260 g/mol. The summed E-state index contributed by atoms with van der Waals surface area (Å²) < 4.78 is 5.64. The Labute approximate surface area is 121 Å². The van der Waals surface area contributed by atoms with E-state index in [1.165, 1.54) is 12.8 Å². The van der Waals surface area contributed by atoms with Crippen LogP contribution in [-0.2, 0) is 9.53 Å². The molecule has 5 heteroatoms. The lowest BCUT2D eigenvalue weighted by Gasteiger charge is -2.27. The quantitative estimate of drug-likeness (QED) is 0.716. The fourth-order valence-electron chi connectivity index (χ4n) is 2.05. The first kappa shape index (κ1) is 16.8. The molecule has 1 rings (SSSR count). The largest absolute Gasteiger partial charge is 0.377 e. The van der Waals surface area contributed by atoms with Gasteiger partial charge in [-0.2, -0.15) is 0 Å². The van der Waals surface area contributed by atoms with Crippen LogP contribution in [0.25, 0.3) is 0 Å². The van der Waals surface area contributed by atoms with Crippen LogP contribution >= 0.6 is 11.8 Å². The van der Waals surface area contributed by atoms with Gasteiger partial charge in [-0.15, -0.1) is 11.8 Å². The highest BCUT2D eigenvalue weighted by molar-refractivity contribution is 7.99. The maximum absolute atomic E-state index is 11.7. The van der Waals surface area contributed by atoms with Gasteiger partial charge in [-0.3, -0.25) is 4.79 Å². The molecule has 0 aromatic rings. The number of amides is 1. The van der Waals surface area contributed by atoms with Gasteiger partial charge >= 0.3 is 0 Å². The summed E-state index contributed by atoms with van der Waals surface area (Å²) in [7, 11) is 0. The number of carbonyl (C=O) groups excluding carboxylic acids is 1. The molecule has 112 valence electrons. The van der Waals surface area contributed by atoms with Crippen molar-refractivity contribution < 1.29 is 9.53 Å². The van der Waals surface area contributed by atoms with Crippen LogP contribution < -0.4 is 11.1 Å². The Hall–Kier alpha value is -0.260. The zero-order valence-corrected chi connectivity index (χ0v) is 13.1. The maximum atomic E-state index is 11.7. The third-order valence-corrected chi connectivity index (χ3v) is 4.93. The second-order valence-electron chi connectivity index (χ2n) is 5.35. The fourth-order valence-corrected chi connectivity index (χ4v) is 2.98. The van der Waals surface area contributed by atoms with Crippen molar-refractivity contribution in [2.24, 2.45) is 5.73 Å². The highest BCUT2D eigenvalue weighted by atomic mass is 32.2. The molecule has 0 saturated carbocycles. The molecule has 1 heterocycles. The van der Waals surface area contributed by atoms with Crippen LogP contribution in [0.5, 0.6) is 0 Å². The number of hydrogen-bond acceptors (Lipinski definition) is 4. The lowest BCUT2D eigenvalue weighted by molar-refractivity contribution is -0.118. The highest BCUT2D eigenvalue weighted by Gasteiger charge is 2.21. The van der Waals surface area contributed by atoms with Gasteiger partial charge in [0.1, 0.15) is 0 Å². The second-order valence-corrected chi connectivity index (χ2v) is 6.38. The fraction of sp³-hybridized carbons (Fsp3) is 0.929. The van der Waals surface area contributed by atoms with Crippen molar-refractivity contribution in [1.29, 1.82) is 0 Å². The summed E-state index contributed by atoms with van der Waals surface area (Å²) in [5.74, 6) is 1.50. The van der Waals surface area contributed by atoms with E-state index < -0.39 is 0 Å². The molecule has 0 aromatic heterocycles. The Morgan fingerprint density at radius 2 is 2.16 bits per heavy atom. The van der Waals surface area contributed by atoms with Gasteiger partial charge in [0.15, 0.2) is 0 Å². The van der Waals surface area contributed by atoms with Crippen molar-refractivity contribution in [3.63, 3.8) is 0 Å². The minimum Gasteiger partial charge on any atom is -0.377 e. The van der Waals surface area contributed by atoms with Crippen LogP contribution in [0.1, 0.15) is 46.0 Å². The monoisotopic (exact) mass is 288 g/mol. The summed E-state index contributed by atoms with van der Waals surface area (Å²) >= 11 is 1.66. The van der Waals surface area contributed by atoms with E-state index in [4.69, 9.17) is 10.5 Å². The predicted molar refractivity (Wildman–Crippen MR) is 81.4 cm³/mol. The Morgan fingerprint density at radius 1 is 1.42 bits per heavy atom. The molecule has 1 amide bonds. The SMILES string of the molecule is CCC(N)(CC)CNC(=O)CSCC1CCCCO1. The van der Waals surface area contributed by atoms with Gasteiger partial charge < -0.3 is 15.8 Å². The van der Waals surface area contributed by atoms with Crippen LogP contribution in [0, 0.1) is 0 Å². The van der Waals surface area contributed by atoms with Gasteiger partial charge in [0.2, 0.25) is 5.91 Å². The summed E-state index contributed by atoms with van der Waals surface area (Å²) in [6.45, 7) is 5.56.